The highest BCUT2D eigenvalue weighted by atomic mass is 16.5. The Labute approximate surface area is 113 Å². The number of furan rings is 1. The van der Waals surface area contributed by atoms with E-state index in [2.05, 4.69) is 24.4 Å². The normalized spacial score (nSPS) is 16.7. The van der Waals surface area contributed by atoms with E-state index >= 15 is 0 Å². The maximum atomic E-state index is 5.94. The van der Waals surface area contributed by atoms with Crippen LogP contribution in [-0.4, -0.2) is 13.7 Å². The summed E-state index contributed by atoms with van der Waals surface area (Å²) < 4.78 is 11.3. The molecule has 1 aromatic carbocycles. The van der Waals surface area contributed by atoms with Crippen molar-refractivity contribution < 1.29 is 9.15 Å². The van der Waals surface area contributed by atoms with Crippen LogP contribution >= 0.6 is 0 Å². The van der Waals surface area contributed by atoms with Gasteiger partial charge >= 0.3 is 0 Å². The zero-order valence-electron chi connectivity index (χ0n) is 11.6. The summed E-state index contributed by atoms with van der Waals surface area (Å²) in [7, 11) is 1.67. The smallest absolute Gasteiger partial charge is 0.176 e. The molecule has 1 saturated carbocycles. The van der Waals surface area contributed by atoms with Crippen LogP contribution in [0.2, 0.25) is 0 Å². The first kappa shape index (κ1) is 12.5. The number of fused-ring (bicyclic) bond motifs is 1. The molecule has 0 radical (unpaired) electrons. The molecule has 0 saturated heterocycles. The van der Waals surface area contributed by atoms with Crippen molar-refractivity contribution in [2.45, 2.75) is 32.2 Å². The van der Waals surface area contributed by atoms with Crippen molar-refractivity contribution in [2.75, 3.05) is 13.7 Å². The van der Waals surface area contributed by atoms with E-state index in [1.165, 1.54) is 19.3 Å². The lowest BCUT2D eigenvalue weighted by Gasteiger charge is -2.10. The summed E-state index contributed by atoms with van der Waals surface area (Å²) in [5, 5.41) is 4.64. The second-order valence-corrected chi connectivity index (χ2v) is 5.44. The molecule has 0 bridgehead atoms. The summed E-state index contributed by atoms with van der Waals surface area (Å²) in [4.78, 5) is 0. The van der Waals surface area contributed by atoms with Crippen LogP contribution in [0.5, 0.6) is 5.75 Å². The molecule has 102 valence electrons. The number of rotatable bonds is 6. The summed E-state index contributed by atoms with van der Waals surface area (Å²) in [5.41, 5.74) is 0.843. The van der Waals surface area contributed by atoms with Crippen LogP contribution in [0.1, 0.15) is 38.0 Å². The van der Waals surface area contributed by atoms with E-state index < -0.39 is 0 Å². The van der Waals surface area contributed by atoms with Crippen LogP contribution in [0.25, 0.3) is 11.0 Å². The first-order valence-electron chi connectivity index (χ1n) is 7.07. The maximum Gasteiger partial charge on any atom is 0.176 e. The summed E-state index contributed by atoms with van der Waals surface area (Å²) in [6.45, 7) is 3.22. The van der Waals surface area contributed by atoms with Gasteiger partial charge in [0, 0.05) is 5.39 Å². The quantitative estimate of drug-likeness (QED) is 0.854. The SMILES string of the molecule is COc1cccc2cc(C(C)NCCC3CC3)oc12. The third-order valence-corrected chi connectivity index (χ3v) is 3.87. The van der Waals surface area contributed by atoms with E-state index in [0.717, 1.165) is 34.9 Å². The molecule has 0 amide bonds. The largest absolute Gasteiger partial charge is 0.493 e. The fraction of sp³-hybridized carbons (Fsp3) is 0.500. The lowest BCUT2D eigenvalue weighted by Crippen LogP contribution is -2.19. The van der Waals surface area contributed by atoms with Crippen molar-refractivity contribution in [3.05, 3.63) is 30.0 Å². The molecule has 3 heteroatoms. The van der Waals surface area contributed by atoms with Crippen LogP contribution in [0.3, 0.4) is 0 Å². The van der Waals surface area contributed by atoms with Gasteiger partial charge in [-0.1, -0.05) is 25.0 Å². The second-order valence-electron chi connectivity index (χ2n) is 5.44. The number of methoxy groups -OCH3 is 1. The zero-order chi connectivity index (χ0) is 13.2. The van der Waals surface area contributed by atoms with Gasteiger partial charge in [-0.2, -0.15) is 0 Å². The number of nitrogens with one attached hydrogen (secondary N) is 1. The Hall–Kier alpha value is -1.48. The van der Waals surface area contributed by atoms with Crippen molar-refractivity contribution in [2.24, 2.45) is 5.92 Å². The van der Waals surface area contributed by atoms with E-state index in [1.807, 2.05) is 12.1 Å². The van der Waals surface area contributed by atoms with E-state index in [9.17, 15) is 0 Å². The number of hydrogen-bond acceptors (Lipinski definition) is 3. The lowest BCUT2D eigenvalue weighted by atomic mass is 10.2. The highest BCUT2D eigenvalue weighted by Gasteiger charge is 2.21. The van der Waals surface area contributed by atoms with Gasteiger partial charge in [0.1, 0.15) is 5.76 Å². The average molecular weight is 259 g/mol. The average Bonchev–Trinajstić information content (AvgIpc) is 3.14. The van der Waals surface area contributed by atoms with E-state index in [4.69, 9.17) is 9.15 Å². The van der Waals surface area contributed by atoms with Gasteiger partial charge in [0.25, 0.3) is 0 Å². The van der Waals surface area contributed by atoms with Gasteiger partial charge in [0.05, 0.1) is 13.2 Å². The Kier molecular flexibility index (Phi) is 3.47. The Morgan fingerprint density at radius 2 is 2.26 bits per heavy atom. The highest BCUT2D eigenvalue weighted by molar-refractivity contribution is 5.83. The molecule has 1 aliphatic rings. The van der Waals surface area contributed by atoms with Crippen molar-refractivity contribution in [1.29, 1.82) is 0 Å². The molecule has 1 N–H and O–H groups in total. The zero-order valence-corrected chi connectivity index (χ0v) is 11.6. The van der Waals surface area contributed by atoms with Crippen LogP contribution in [0.4, 0.5) is 0 Å². The minimum absolute atomic E-state index is 0.246. The van der Waals surface area contributed by atoms with Crippen molar-refractivity contribution in [3.63, 3.8) is 0 Å². The number of ether oxygens (including phenoxy) is 1. The molecule has 0 spiro atoms. The highest BCUT2D eigenvalue weighted by Crippen LogP contribution is 2.33. The Morgan fingerprint density at radius 3 is 3.00 bits per heavy atom. The summed E-state index contributed by atoms with van der Waals surface area (Å²) in [6, 6.07) is 8.33. The molecule has 1 fully saturated rings. The van der Waals surface area contributed by atoms with Crippen LogP contribution in [0, 0.1) is 5.92 Å². The molecule has 1 atom stereocenters. The van der Waals surface area contributed by atoms with Crippen molar-refractivity contribution in [1.82, 2.24) is 5.32 Å². The van der Waals surface area contributed by atoms with E-state index in [0.29, 0.717) is 0 Å². The van der Waals surface area contributed by atoms with Gasteiger partial charge in [0.15, 0.2) is 11.3 Å². The van der Waals surface area contributed by atoms with Crippen molar-refractivity contribution >= 4 is 11.0 Å². The first-order valence-corrected chi connectivity index (χ1v) is 7.07. The lowest BCUT2D eigenvalue weighted by molar-refractivity contribution is 0.399. The van der Waals surface area contributed by atoms with Gasteiger partial charge in [-0.05, 0) is 37.9 Å². The van der Waals surface area contributed by atoms with Gasteiger partial charge < -0.3 is 14.5 Å². The van der Waals surface area contributed by atoms with Crippen LogP contribution in [0.15, 0.2) is 28.7 Å². The summed E-state index contributed by atoms with van der Waals surface area (Å²) in [6.07, 6.45) is 4.11. The van der Waals surface area contributed by atoms with Gasteiger partial charge in [-0.25, -0.2) is 0 Å². The van der Waals surface area contributed by atoms with Crippen LogP contribution in [-0.2, 0) is 0 Å². The Balaban J connectivity index is 1.72. The van der Waals surface area contributed by atoms with Crippen molar-refractivity contribution in [3.8, 4) is 5.75 Å². The minimum atomic E-state index is 0.246. The molecule has 1 heterocycles. The standard InChI is InChI=1S/C16H21NO2/c1-11(17-9-8-12-6-7-12)15-10-13-4-3-5-14(18-2)16(13)19-15/h3-5,10-12,17H,6-9H2,1-2H3. The van der Waals surface area contributed by atoms with Gasteiger partial charge in [-0.3, -0.25) is 0 Å². The Morgan fingerprint density at radius 1 is 1.42 bits per heavy atom. The van der Waals surface area contributed by atoms with Gasteiger partial charge in [-0.15, -0.1) is 0 Å². The monoisotopic (exact) mass is 259 g/mol. The van der Waals surface area contributed by atoms with E-state index in [-0.39, 0.29) is 6.04 Å². The number of hydrogen-bond donors (Lipinski definition) is 1. The molecule has 3 rings (SSSR count). The predicted molar refractivity (Wildman–Crippen MR) is 76.5 cm³/mol. The third-order valence-electron chi connectivity index (χ3n) is 3.87. The number of para-hydroxylation sites is 1. The molecule has 1 aromatic heterocycles. The fourth-order valence-corrected chi connectivity index (χ4v) is 2.44. The topological polar surface area (TPSA) is 34.4 Å². The van der Waals surface area contributed by atoms with Gasteiger partial charge in [0.2, 0.25) is 0 Å². The summed E-state index contributed by atoms with van der Waals surface area (Å²) in [5.74, 6) is 2.75. The first-order chi connectivity index (χ1) is 9.28. The van der Waals surface area contributed by atoms with E-state index in [1.54, 1.807) is 7.11 Å². The predicted octanol–water partition coefficient (Wildman–Crippen LogP) is 3.89. The molecule has 0 aliphatic heterocycles. The Bertz CT molecular complexity index is 557. The fourth-order valence-electron chi connectivity index (χ4n) is 2.44. The third kappa shape index (κ3) is 2.76. The maximum absolute atomic E-state index is 5.94. The molecular formula is C16H21NO2. The molecule has 3 nitrogen and oxygen atoms in total. The second kappa shape index (κ2) is 5.25. The number of benzene rings is 1. The molecule has 1 unspecified atom stereocenters. The molecule has 19 heavy (non-hydrogen) atoms. The molecule has 2 aromatic rings. The molecular weight excluding hydrogens is 238 g/mol. The summed E-state index contributed by atoms with van der Waals surface area (Å²) >= 11 is 0. The van der Waals surface area contributed by atoms with Crippen LogP contribution < -0.4 is 10.1 Å². The molecule has 1 aliphatic carbocycles. The minimum Gasteiger partial charge on any atom is -0.493 e.